The topological polar surface area (TPSA) is 73.2 Å². The van der Waals surface area contributed by atoms with Gasteiger partial charge in [-0.3, -0.25) is 14.3 Å². The van der Waals surface area contributed by atoms with Crippen LogP contribution in [0.25, 0.3) is 0 Å². The Kier molecular flexibility index (Phi) is 6.22. The normalized spacial score (nSPS) is 11.6. The average molecular weight is 377 g/mol. The molecule has 0 saturated carbocycles. The summed E-state index contributed by atoms with van der Waals surface area (Å²) < 4.78 is 6.60. The van der Waals surface area contributed by atoms with Gasteiger partial charge in [0, 0.05) is 18.0 Å². The minimum Gasteiger partial charge on any atom is -0.469 e. The van der Waals surface area contributed by atoms with Crippen molar-refractivity contribution in [3.63, 3.8) is 0 Å². The van der Waals surface area contributed by atoms with Crippen LogP contribution in [-0.4, -0.2) is 28.8 Å². The molecule has 2 aromatic carbocycles. The highest BCUT2D eigenvalue weighted by atomic mass is 16.5. The van der Waals surface area contributed by atoms with Gasteiger partial charge in [0.1, 0.15) is 0 Å². The van der Waals surface area contributed by atoms with Crippen LogP contribution < -0.4 is 5.32 Å². The zero-order chi connectivity index (χ0) is 19.9. The van der Waals surface area contributed by atoms with E-state index < -0.39 is 6.04 Å². The van der Waals surface area contributed by atoms with E-state index in [9.17, 15) is 9.59 Å². The predicted molar refractivity (Wildman–Crippen MR) is 106 cm³/mol. The van der Waals surface area contributed by atoms with Gasteiger partial charge in [0.2, 0.25) is 0 Å². The predicted octanol–water partition coefficient (Wildman–Crippen LogP) is 3.27. The molecule has 3 rings (SSSR count). The molecule has 0 saturated heterocycles. The number of amides is 1. The second-order valence-corrected chi connectivity index (χ2v) is 6.62. The maximum atomic E-state index is 12.7. The van der Waals surface area contributed by atoms with Gasteiger partial charge in [-0.05, 0) is 36.2 Å². The fourth-order valence-corrected chi connectivity index (χ4v) is 2.89. The minimum absolute atomic E-state index is 0.0721. The van der Waals surface area contributed by atoms with Crippen molar-refractivity contribution >= 4 is 11.9 Å². The number of aryl methyl sites for hydroxylation is 1. The van der Waals surface area contributed by atoms with E-state index >= 15 is 0 Å². The monoisotopic (exact) mass is 377 g/mol. The summed E-state index contributed by atoms with van der Waals surface area (Å²) >= 11 is 0. The zero-order valence-electron chi connectivity index (χ0n) is 16.0. The molecular formula is C22H23N3O3. The first kappa shape index (κ1) is 19.4. The van der Waals surface area contributed by atoms with E-state index in [1.807, 2.05) is 60.3 Å². The summed E-state index contributed by atoms with van der Waals surface area (Å²) in [7, 11) is 1.34. The number of methoxy groups -OCH3 is 1. The fourth-order valence-electron chi connectivity index (χ4n) is 2.89. The Morgan fingerprint density at radius 2 is 1.82 bits per heavy atom. The Morgan fingerprint density at radius 3 is 2.43 bits per heavy atom. The minimum atomic E-state index is -0.454. The highest BCUT2D eigenvalue weighted by Gasteiger charge is 2.19. The number of ether oxygens (including phenoxy) is 1. The Balaban J connectivity index is 1.71. The van der Waals surface area contributed by atoms with E-state index in [4.69, 9.17) is 4.74 Å². The lowest BCUT2D eigenvalue weighted by Gasteiger charge is -2.18. The number of aromatic nitrogens is 2. The highest BCUT2D eigenvalue weighted by molar-refractivity contribution is 5.94. The second-order valence-electron chi connectivity index (χ2n) is 6.62. The van der Waals surface area contributed by atoms with E-state index in [0.717, 1.165) is 16.7 Å². The molecule has 0 radical (unpaired) electrons. The molecule has 28 heavy (non-hydrogen) atoms. The average Bonchev–Trinajstić information content (AvgIpc) is 3.21. The van der Waals surface area contributed by atoms with Gasteiger partial charge in [-0.1, -0.05) is 42.0 Å². The lowest BCUT2D eigenvalue weighted by atomic mass is 10.0. The number of esters is 1. The molecule has 144 valence electrons. The number of benzene rings is 2. The summed E-state index contributed by atoms with van der Waals surface area (Å²) in [5.74, 6) is -0.611. The third-order valence-corrected chi connectivity index (χ3v) is 4.50. The van der Waals surface area contributed by atoms with Gasteiger partial charge in [-0.2, -0.15) is 5.10 Å². The molecule has 1 N–H and O–H groups in total. The quantitative estimate of drug-likeness (QED) is 0.642. The lowest BCUT2D eigenvalue weighted by Crippen LogP contribution is -2.30. The van der Waals surface area contributed by atoms with Crippen LogP contribution in [0.15, 0.2) is 67.0 Å². The van der Waals surface area contributed by atoms with Crippen molar-refractivity contribution in [2.24, 2.45) is 0 Å². The van der Waals surface area contributed by atoms with E-state index in [1.54, 1.807) is 18.3 Å². The van der Waals surface area contributed by atoms with Crippen LogP contribution >= 0.6 is 0 Å². The molecule has 0 spiro atoms. The molecule has 0 fully saturated rings. The summed E-state index contributed by atoms with van der Waals surface area (Å²) in [4.78, 5) is 24.5. The van der Waals surface area contributed by atoms with Crippen LogP contribution in [0.4, 0.5) is 0 Å². The maximum absolute atomic E-state index is 12.7. The standard InChI is InChI=1S/C22H23N3O3/c1-16-4-8-18(9-5-16)20(14-21(26)28-2)24-22(27)19-10-6-17(7-11-19)15-25-13-3-12-23-25/h3-13,20H,14-15H2,1-2H3,(H,24,27). The van der Waals surface area contributed by atoms with Crippen molar-refractivity contribution in [3.8, 4) is 0 Å². The molecule has 1 amide bonds. The first-order valence-electron chi connectivity index (χ1n) is 9.06. The first-order valence-corrected chi connectivity index (χ1v) is 9.06. The van der Waals surface area contributed by atoms with E-state index in [0.29, 0.717) is 12.1 Å². The Morgan fingerprint density at radius 1 is 1.11 bits per heavy atom. The Labute approximate surface area is 164 Å². The molecule has 1 atom stereocenters. The second kappa shape index (κ2) is 8.99. The van der Waals surface area contributed by atoms with Crippen molar-refractivity contribution in [2.45, 2.75) is 25.9 Å². The molecule has 6 nitrogen and oxygen atoms in total. The number of rotatable bonds is 7. The number of carbonyl (C=O) groups is 2. The lowest BCUT2D eigenvalue weighted by molar-refractivity contribution is -0.141. The zero-order valence-corrected chi connectivity index (χ0v) is 16.0. The van der Waals surface area contributed by atoms with Crippen LogP contribution in [0.1, 0.15) is 39.5 Å². The van der Waals surface area contributed by atoms with Gasteiger partial charge in [-0.15, -0.1) is 0 Å². The molecule has 0 aliphatic rings. The van der Waals surface area contributed by atoms with Crippen LogP contribution in [0.2, 0.25) is 0 Å². The summed E-state index contributed by atoms with van der Waals surface area (Å²) in [6, 6.07) is 16.5. The molecule has 3 aromatic rings. The van der Waals surface area contributed by atoms with Gasteiger partial charge in [0.25, 0.3) is 5.91 Å². The fraction of sp³-hybridized carbons (Fsp3) is 0.227. The van der Waals surface area contributed by atoms with Crippen LogP contribution in [0.3, 0.4) is 0 Å². The van der Waals surface area contributed by atoms with E-state index in [2.05, 4.69) is 10.4 Å². The summed E-state index contributed by atoms with van der Waals surface area (Å²) in [5, 5.41) is 7.12. The first-order chi connectivity index (χ1) is 13.5. The number of hydrogen-bond donors (Lipinski definition) is 1. The van der Waals surface area contributed by atoms with Gasteiger partial charge in [0.05, 0.1) is 26.1 Å². The molecule has 1 heterocycles. The number of nitrogens with one attached hydrogen (secondary N) is 1. The van der Waals surface area contributed by atoms with Gasteiger partial charge in [-0.25, -0.2) is 0 Å². The molecule has 0 aliphatic carbocycles. The highest BCUT2D eigenvalue weighted by Crippen LogP contribution is 2.19. The van der Waals surface area contributed by atoms with Crippen LogP contribution in [-0.2, 0) is 16.1 Å². The largest absolute Gasteiger partial charge is 0.469 e. The van der Waals surface area contributed by atoms with Crippen molar-refractivity contribution in [3.05, 3.63) is 89.2 Å². The summed E-state index contributed by atoms with van der Waals surface area (Å²) in [5.41, 5.74) is 3.55. The number of carbonyl (C=O) groups excluding carboxylic acids is 2. The third kappa shape index (κ3) is 5.07. The van der Waals surface area contributed by atoms with Crippen LogP contribution in [0, 0.1) is 6.92 Å². The summed E-state index contributed by atoms with van der Waals surface area (Å²) in [6.07, 6.45) is 3.69. The van der Waals surface area contributed by atoms with Crippen LogP contribution in [0.5, 0.6) is 0 Å². The molecule has 6 heteroatoms. The van der Waals surface area contributed by atoms with Gasteiger partial charge < -0.3 is 10.1 Å². The third-order valence-electron chi connectivity index (χ3n) is 4.50. The molecule has 0 bridgehead atoms. The summed E-state index contributed by atoms with van der Waals surface area (Å²) in [6.45, 7) is 2.63. The Hall–Kier alpha value is -3.41. The SMILES string of the molecule is COC(=O)CC(NC(=O)c1ccc(Cn2cccn2)cc1)c1ccc(C)cc1. The Bertz CT molecular complexity index is 917. The van der Waals surface area contributed by atoms with Crippen molar-refractivity contribution in [1.82, 2.24) is 15.1 Å². The maximum Gasteiger partial charge on any atom is 0.307 e. The van der Waals surface area contributed by atoms with E-state index in [1.165, 1.54) is 7.11 Å². The smallest absolute Gasteiger partial charge is 0.307 e. The molecular weight excluding hydrogens is 354 g/mol. The molecule has 1 unspecified atom stereocenters. The van der Waals surface area contributed by atoms with E-state index in [-0.39, 0.29) is 18.3 Å². The van der Waals surface area contributed by atoms with Crippen molar-refractivity contribution < 1.29 is 14.3 Å². The van der Waals surface area contributed by atoms with Gasteiger partial charge >= 0.3 is 5.97 Å². The van der Waals surface area contributed by atoms with Crippen molar-refractivity contribution in [1.29, 1.82) is 0 Å². The number of hydrogen-bond acceptors (Lipinski definition) is 4. The molecule has 1 aromatic heterocycles. The number of nitrogens with zero attached hydrogens (tertiary/aromatic N) is 2. The molecule has 0 aliphatic heterocycles. The van der Waals surface area contributed by atoms with Crippen molar-refractivity contribution in [2.75, 3.05) is 7.11 Å². The van der Waals surface area contributed by atoms with Gasteiger partial charge in [0.15, 0.2) is 0 Å².